The third-order valence-corrected chi connectivity index (χ3v) is 6.12. The summed E-state index contributed by atoms with van der Waals surface area (Å²) in [7, 11) is 0. The Morgan fingerprint density at radius 1 is 1.03 bits per heavy atom. The van der Waals surface area contributed by atoms with Gasteiger partial charge in [0.2, 0.25) is 11.8 Å². The Morgan fingerprint density at radius 3 is 2.41 bits per heavy atom. The van der Waals surface area contributed by atoms with Gasteiger partial charge in [-0.15, -0.1) is 0 Å². The third-order valence-electron chi connectivity index (χ3n) is 5.86. The number of para-hydroxylation sites is 1. The molecule has 0 bridgehead atoms. The highest BCUT2D eigenvalue weighted by atomic mass is 35.5. The number of imide groups is 1. The lowest BCUT2D eigenvalue weighted by atomic mass is 10.1. The zero-order valence-electron chi connectivity index (χ0n) is 17.8. The second-order valence-corrected chi connectivity index (χ2v) is 8.40. The van der Waals surface area contributed by atoms with Crippen LogP contribution in [0.25, 0.3) is 0 Å². The summed E-state index contributed by atoms with van der Waals surface area (Å²) in [6.45, 7) is 3.88. The van der Waals surface area contributed by atoms with Gasteiger partial charge in [0.05, 0.1) is 31.7 Å². The average molecular weight is 456 g/mol. The normalized spacial score (nSPS) is 19.4. The number of hydrogen-bond donors (Lipinski definition) is 0. The molecule has 3 amide bonds. The van der Waals surface area contributed by atoms with Crippen molar-refractivity contribution >= 4 is 35.0 Å². The summed E-state index contributed by atoms with van der Waals surface area (Å²) in [6.07, 6.45) is 0.132. The molecular formula is C24H26ClN3O4. The predicted octanol–water partition coefficient (Wildman–Crippen LogP) is 2.38. The number of benzene rings is 2. The van der Waals surface area contributed by atoms with E-state index in [4.69, 9.17) is 16.3 Å². The maximum atomic E-state index is 13.3. The van der Waals surface area contributed by atoms with Crippen LogP contribution in [0.2, 0.25) is 5.02 Å². The highest BCUT2D eigenvalue weighted by Crippen LogP contribution is 2.26. The molecule has 7 nitrogen and oxygen atoms in total. The van der Waals surface area contributed by atoms with E-state index in [1.165, 1.54) is 4.90 Å². The minimum atomic E-state index is -0.802. The summed E-state index contributed by atoms with van der Waals surface area (Å²) in [5.74, 6) is -0.823. The van der Waals surface area contributed by atoms with Crippen molar-refractivity contribution in [3.63, 3.8) is 0 Å². The van der Waals surface area contributed by atoms with E-state index in [1.807, 2.05) is 6.07 Å². The first-order valence-corrected chi connectivity index (χ1v) is 11.2. The molecule has 8 heteroatoms. The van der Waals surface area contributed by atoms with Crippen LogP contribution in [0.5, 0.6) is 0 Å². The van der Waals surface area contributed by atoms with Gasteiger partial charge >= 0.3 is 0 Å². The number of halogens is 1. The molecule has 0 N–H and O–H groups in total. The molecule has 2 aromatic rings. The molecule has 32 heavy (non-hydrogen) atoms. The van der Waals surface area contributed by atoms with Crippen LogP contribution in [0.3, 0.4) is 0 Å². The van der Waals surface area contributed by atoms with Crippen molar-refractivity contribution < 1.29 is 19.1 Å². The number of carbonyl (C=O) groups is 3. The number of carbonyl (C=O) groups excluding carboxylic acids is 3. The van der Waals surface area contributed by atoms with E-state index in [0.717, 1.165) is 18.7 Å². The van der Waals surface area contributed by atoms with E-state index in [2.05, 4.69) is 4.90 Å². The Balaban J connectivity index is 1.53. The highest BCUT2D eigenvalue weighted by molar-refractivity contribution is 6.30. The summed E-state index contributed by atoms with van der Waals surface area (Å²) in [6, 6.07) is 15.1. The summed E-state index contributed by atoms with van der Waals surface area (Å²) in [5, 5.41) is 0.598. The standard InChI is InChI=1S/C24H26ClN3O4/c25-19-8-6-18(7-9-19)16-22(29)27(11-10-26-12-14-32-15-13-26)21-17-23(30)28(24(21)31)20-4-2-1-3-5-20/h1-9,21H,10-17H2. The SMILES string of the molecule is O=C1CC(N(CCN2CCOCC2)C(=O)Cc2ccc(Cl)cc2)C(=O)N1c1ccccc1. The quantitative estimate of drug-likeness (QED) is 0.599. The van der Waals surface area contributed by atoms with Crippen molar-refractivity contribution in [2.24, 2.45) is 0 Å². The number of ether oxygens (including phenoxy) is 1. The third kappa shape index (κ3) is 5.18. The molecule has 0 spiro atoms. The smallest absolute Gasteiger partial charge is 0.257 e. The van der Waals surface area contributed by atoms with Crippen molar-refractivity contribution in [2.45, 2.75) is 18.9 Å². The number of amides is 3. The second kappa shape index (κ2) is 10.3. The lowest BCUT2D eigenvalue weighted by Crippen LogP contribution is -2.50. The summed E-state index contributed by atoms with van der Waals surface area (Å²) in [5.41, 5.74) is 1.34. The van der Waals surface area contributed by atoms with Gasteiger partial charge in [0, 0.05) is 31.2 Å². The number of rotatable bonds is 7. The maximum absolute atomic E-state index is 13.3. The Bertz CT molecular complexity index is 961. The molecule has 4 rings (SSSR count). The number of anilines is 1. The zero-order chi connectivity index (χ0) is 22.5. The van der Waals surface area contributed by atoms with Crippen LogP contribution in [0.4, 0.5) is 5.69 Å². The van der Waals surface area contributed by atoms with Crippen LogP contribution in [-0.4, -0.2) is 73.0 Å². The average Bonchev–Trinajstić information content (AvgIpc) is 3.10. The molecule has 0 aromatic heterocycles. The number of hydrogen-bond acceptors (Lipinski definition) is 5. The Hall–Kier alpha value is -2.74. The van der Waals surface area contributed by atoms with Crippen LogP contribution in [0, 0.1) is 0 Å². The Labute approximate surface area is 192 Å². The van der Waals surface area contributed by atoms with Crippen molar-refractivity contribution in [3.8, 4) is 0 Å². The monoisotopic (exact) mass is 455 g/mol. The number of morpholine rings is 1. The van der Waals surface area contributed by atoms with Gasteiger partial charge < -0.3 is 9.64 Å². The Kier molecular flexibility index (Phi) is 7.19. The molecule has 1 unspecified atom stereocenters. The number of nitrogens with zero attached hydrogens (tertiary/aromatic N) is 3. The first-order chi connectivity index (χ1) is 15.5. The van der Waals surface area contributed by atoms with E-state index in [1.54, 1.807) is 53.4 Å². The maximum Gasteiger partial charge on any atom is 0.257 e. The molecule has 1 atom stereocenters. The Morgan fingerprint density at radius 2 is 1.72 bits per heavy atom. The molecule has 2 saturated heterocycles. The van der Waals surface area contributed by atoms with Crippen LogP contribution in [0.15, 0.2) is 54.6 Å². The van der Waals surface area contributed by atoms with Gasteiger partial charge in [-0.2, -0.15) is 0 Å². The molecule has 2 aliphatic heterocycles. The second-order valence-electron chi connectivity index (χ2n) is 7.97. The molecular weight excluding hydrogens is 430 g/mol. The first-order valence-electron chi connectivity index (χ1n) is 10.8. The predicted molar refractivity (Wildman–Crippen MR) is 121 cm³/mol. The summed E-state index contributed by atoms with van der Waals surface area (Å²) < 4.78 is 5.40. The van der Waals surface area contributed by atoms with Crippen molar-refractivity contribution in [2.75, 3.05) is 44.3 Å². The van der Waals surface area contributed by atoms with Crippen LogP contribution < -0.4 is 4.90 Å². The minimum absolute atomic E-state index is 0.0107. The largest absolute Gasteiger partial charge is 0.379 e. The van der Waals surface area contributed by atoms with Gasteiger partial charge in [0.15, 0.2) is 0 Å². The lowest BCUT2D eigenvalue weighted by Gasteiger charge is -2.32. The lowest BCUT2D eigenvalue weighted by molar-refractivity contribution is -0.138. The zero-order valence-corrected chi connectivity index (χ0v) is 18.5. The van der Waals surface area contributed by atoms with Crippen LogP contribution in [0.1, 0.15) is 12.0 Å². The van der Waals surface area contributed by atoms with E-state index >= 15 is 0 Å². The highest BCUT2D eigenvalue weighted by Gasteiger charge is 2.44. The van der Waals surface area contributed by atoms with Gasteiger partial charge in [0.1, 0.15) is 6.04 Å². The molecule has 2 fully saturated rings. The van der Waals surface area contributed by atoms with Gasteiger partial charge in [-0.3, -0.25) is 19.3 Å². The topological polar surface area (TPSA) is 70.2 Å². The van der Waals surface area contributed by atoms with Gasteiger partial charge in [0.25, 0.3) is 5.91 Å². The molecule has 0 radical (unpaired) electrons. The fourth-order valence-corrected chi connectivity index (χ4v) is 4.24. The fraction of sp³-hybridized carbons (Fsp3) is 0.375. The molecule has 2 aliphatic rings. The fourth-order valence-electron chi connectivity index (χ4n) is 4.11. The molecule has 2 heterocycles. The van der Waals surface area contributed by atoms with E-state index < -0.39 is 6.04 Å². The van der Waals surface area contributed by atoms with Crippen molar-refractivity contribution in [1.82, 2.24) is 9.80 Å². The van der Waals surface area contributed by atoms with E-state index in [9.17, 15) is 14.4 Å². The van der Waals surface area contributed by atoms with Gasteiger partial charge in [-0.05, 0) is 29.8 Å². The molecule has 0 aliphatic carbocycles. The summed E-state index contributed by atoms with van der Waals surface area (Å²) in [4.78, 5) is 44.3. The molecule has 2 aromatic carbocycles. The van der Waals surface area contributed by atoms with Gasteiger partial charge in [-0.1, -0.05) is 41.9 Å². The molecule has 0 saturated carbocycles. The first kappa shape index (κ1) is 22.5. The van der Waals surface area contributed by atoms with E-state index in [0.29, 0.717) is 37.0 Å². The molecule has 168 valence electrons. The van der Waals surface area contributed by atoms with E-state index in [-0.39, 0.29) is 30.6 Å². The van der Waals surface area contributed by atoms with Crippen LogP contribution in [-0.2, 0) is 25.5 Å². The van der Waals surface area contributed by atoms with Gasteiger partial charge in [-0.25, -0.2) is 4.90 Å². The van der Waals surface area contributed by atoms with Crippen molar-refractivity contribution in [3.05, 3.63) is 65.2 Å². The van der Waals surface area contributed by atoms with Crippen molar-refractivity contribution in [1.29, 1.82) is 0 Å². The van der Waals surface area contributed by atoms with Crippen LogP contribution >= 0.6 is 11.6 Å². The minimum Gasteiger partial charge on any atom is -0.379 e. The summed E-state index contributed by atoms with van der Waals surface area (Å²) >= 11 is 5.96.